The third-order valence-corrected chi connectivity index (χ3v) is 2.53. The molecule has 0 fully saturated rings. The Hall–Kier alpha value is -2.09. The molecule has 0 saturated heterocycles. The van der Waals surface area contributed by atoms with Crippen molar-refractivity contribution < 1.29 is 19.8 Å². The summed E-state index contributed by atoms with van der Waals surface area (Å²) in [5.41, 5.74) is 0.425. The molecule has 1 rings (SSSR count). The van der Waals surface area contributed by atoms with Crippen molar-refractivity contribution in [2.24, 2.45) is 0 Å². The number of urea groups is 1. The highest BCUT2D eigenvalue weighted by atomic mass is 16.4. The van der Waals surface area contributed by atoms with Crippen LogP contribution in [0.5, 0.6) is 0 Å². The number of carboxylic acids is 1. The molecule has 1 aromatic rings. The van der Waals surface area contributed by atoms with E-state index < -0.39 is 24.0 Å². The van der Waals surface area contributed by atoms with E-state index in [1.165, 1.54) is 6.92 Å². The van der Waals surface area contributed by atoms with Crippen LogP contribution in [-0.2, 0) is 4.79 Å². The van der Waals surface area contributed by atoms with Crippen LogP contribution in [0.15, 0.2) is 0 Å². The fourth-order valence-corrected chi connectivity index (χ4v) is 1.55. The number of nitrogens with one attached hydrogen (secondary N) is 3. The van der Waals surface area contributed by atoms with E-state index in [1.54, 1.807) is 13.8 Å². The Kier molecular flexibility index (Phi) is 4.49. The fourth-order valence-electron chi connectivity index (χ4n) is 1.55. The van der Waals surface area contributed by atoms with E-state index in [-0.39, 0.29) is 6.54 Å². The van der Waals surface area contributed by atoms with Gasteiger partial charge in [0.15, 0.2) is 0 Å². The van der Waals surface area contributed by atoms with Crippen LogP contribution in [0.1, 0.15) is 24.7 Å². The fraction of sp³-hybridized carbons (Fsp3) is 0.545. The number of aryl methyl sites for hydroxylation is 2. The maximum Gasteiger partial charge on any atom is 0.319 e. The molecule has 1 atom stereocenters. The highest BCUT2D eigenvalue weighted by Gasteiger charge is 2.25. The van der Waals surface area contributed by atoms with Crippen molar-refractivity contribution in [3.8, 4) is 0 Å². The normalized spacial score (nSPS) is 13.7. The smallest absolute Gasteiger partial charge is 0.319 e. The maximum atomic E-state index is 11.6. The molecule has 0 aromatic carbocycles. The van der Waals surface area contributed by atoms with Gasteiger partial charge in [0.05, 0.1) is 29.1 Å². The molecule has 1 heterocycles. The van der Waals surface area contributed by atoms with Gasteiger partial charge in [-0.2, -0.15) is 5.10 Å². The molecule has 1 unspecified atom stereocenters. The van der Waals surface area contributed by atoms with E-state index in [2.05, 4.69) is 20.8 Å². The molecule has 19 heavy (non-hydrogen) atoms. The van der Waals surface area contributed by atoms with Crippen molar-refractivity contribution in [1.29, 1.82) is 0 Å². The number of hydrogen-bond donors (Lipinski definition) is 5. The van der Waals surface area contributed by atoms with Crippen molar-refractivity contribution >= 4 is 17.7 Å². The molecule has 0 spiro atoms. The lowest BCUT2D eigenvalue weighted by atomic mass is 10.0. The molecule has 0 bridgehead atoms. The van der Waals surface area contributed by atoms with Gasteiger partial charge in [-0.3, -0.25) is 9.89 Å². The Morgan fingerprint density at radius 3 is 2.53 bits per heavy atom. The van der Waals surface area contributed by atoms with Gasteiger partial charge in [-0.25, -0.2) is 4.79 Å². The first kappa shape index (κ1) is 15.0. The summed E-state index contributed by atoms with van der Waals surface area (Å²) in [6, 6.07) is -0.529. The molecular weight excluding hydrogens is 252 g/mol. The zero-order valence-electron chi connectivity index (χ0n) is 11.1. The third kappa shape index (κ3) is 4.59. The van der Waals surface area contributed by atoms with Crippen molar-refractivity contribution in [3.63, 3.8) is 0 Å². The van der Waals surface area contributed by atoms with Gasteiger partial charge in [-0.1, -0.05) is 0 Å². The van der Waals surface area contributed by atoms with E-state index >= 15 is 0 Å². The highest BCUT2D eigenvalue weighted by molar-refractivity contribution is 5.90. The Labute approximate surface area is 110 Å². The van der Waals surface area contributed by atoms with Crippen LogP contribution >= 0.6 is 0 Å². The van der Waals surface area contributed by atoms with Gasteiger partial charge in [-0.05, 0) is 20.8 Å². The standard InChI is InChI=1S/C11H18N4O4/c1-6-9(7(2)15-14-6)13-10(18)12-5-11(3,19)4-8(16)17/h19H,4-5H2,1-3H3,(H,14,15)(H,16,17)(H2,12,13,18). The van der Waals surface area contributed by atoms with Crippen molar-refractivity contribution in [2.75, 3.05) is 11.9 Å². The van der Waals surface area contributed by atoms with E-state index in [0.29, 0.717) is 17.1 Å². The van der Waals surface area contributed by atoms with Crippen LogP contribution in [0.2, 0.25) is 0 Å². The largest absolute Gasteiger partial charge is 0.481 e. The molecule has 106 valence electrons. The average molecular weight is 270 g/mol. The Morgan fingerprint density at radius 2 is 2.05 bits per heavy atom. The van der Waals surface area contributed by atoms with Crippen LogP contribution in [0.4, 0.5) is 10.5 Å². The van der Waals surface area contributed by atoms with Gasteiger partial charge >= 0.3 is 12.0 Å². The second-order valence-corrected chi connectivity index (χ2v) is 4.68. The third-order valence-electron chi connectivity index (χ3n) is 2.53. The molecule has 0 aliphatic carbocycles. The van der Waals surface area contributed by atoms with Crippen molar-refractivity contribution in [3.05, 3.63) is 11.4 Å². The number of aliphatic carboxylic acids is 1. The van der Waals surface area contributed by atoms with Crippen LogP contribution in [0.25, 0.3) is 0 Å². The zero-order chi connectivity index (χ0) is 14.6. The molecule has 8 nitrogen and oxygen atoms in total. The SMILES string of the molecule is Cc1n[nH]c(C)c1NC(=O)NCC(C)(O)CC(=O)O. The number of carboxylic acid groups (broad SMARTS) is 1. The first-order chi connectivity index (χ1) is 8.71. The maximum absolute atomic E-state index is 11.6. The number of anilines is 1. The molecule has 1 aromatic heterocycles. The summed E-state index contributed by atoms with van der Waals surface area (Å²) < 4.78 is 0. The zero-order valence-corrected chi connectivity index (χ0v) is 11.1. The van der Waals surface area contributed by atoms with Gasteiger partial charge in [-0.15, -0.1) is 0 Å². The van der Waals surface area contributed by atoms with Crippen LogP contribution in [-0.4, -0.2) is 44.6 Å². The van der Waals surface area contributed by atoms with Crippen molar-refractivity contribution in [2.45, 2.75) is 32.8 Å². The average Bonchev–Trinajstić information content (AvgIpc) is 2.57. The molecule has 5 N–H and O–H groups in total. The molecule has 8 heteroatoms. The van der Waals surface area contributed by atoms with Crippen LogP contribution < -0.4 is 10.6 Å². The number of carbonyl (C=O) groups excluding carboxylic acids is 1. The van der Waals surface area contributed by atoms with Gasteiger partial charge in [0.25, 0.3) is 0 Å². The lowest BCUT2D eigenvalue weighted by molar-refractivity contribution is -0.141. The highest BCUT2D eigenvalue weighted by Crippen LogP contribution is 2.15. The first-order valence-electron chi connectivity index (χ1n) is 5.72. The monoisotopic (exact) mass is 270 g/mol. The van der Waals surface area contributed by atoms with Crippen LogP contribution in [0, 0.1) is 13.8 Å². The first-order valence-corrected chi connectivity index (χ1v) is 5.72. The van der Waals surface area contributed by atoms with Gasteiger partial charge < -0.3 is 20.8 Å². The Morgan fingerprint density at radius 1 is 1.42 bits per heavy atom. The summed E-state index contributed by atoms with van der Waals surface area (Å²) in [7, 11) is 0. The van der Waals surface area contributed by atoms with Crippen molar-refractivity contribution in [1.82, 2.24) is 15.5 Å². The summed E-state index contributed by atoms with van der Waals surface area (Å²) in [6.45, 7) is 4.67. The van der Waals surface area contributed by atoms with E-state index in [0.717, 1.165) is 0 Å². The topological polar surface area (TPSA) is 127 Å². The minimum atomic E-state index is -1.50. The number of carbonyl (C=O) groups is 2. The second-order valence-electron chi connectivity index (χ2n) is 4.68. The summed E-state index contributed by atoms with van der Waals surface area (Å²) in [6.07, 6.45) is -0.447. The van der Waals surface area contributed by atoms with E-state index in [9.17, 15) is 14.7 Å². The number of aliphatic hydroxyl groups is 1. The Balaban J connectivity index is 2.51. The van der Waals surface area contributed by atoms with Gasteiger partial charge in [0.1, 0.15) is 0 Å². The van der Waals surface area contributed by atoms with Gasteiger partial charge in [0.2, 0.25) is 0 Å². The number of aromatic nitrogens is 2. The number of hydrogen-bond acceptors (Lipinski definition) is 4. The summed E-state index contributed by atoms with van der Waals surface area (Å²) in [5, 5.41) is 30.0. The number of aromatic amines is 1. The predicted octanol–water partition coefficient (Wildman–Crippen LogP) is 0.374. The predicted molar refractivity (Wildman–Crippen MR) is 68.0 cm³/mol. The number of rotatable bonds is 5. The molecular formula is C11H18N4O4. The van der Waals surface area contributed by atoms with E-state index in [4.69, 9.17) is 5.11 Å². The number of amides is 2. The molecule has 2 amide bonds. The molecule has 0 radical (unpaired) electrons. The van der Waals surface area contributed by atoms with Gasteiger partial charge in [0, 0.05) is 6.54 Å². The summed E-state index contributed by atoms with van der Waals surface area (Å²) in [4.78, 5) is 22.1. The minimum Gasteiger partial charge on any atom is -0.481 e. The number of nitrogens with zero attached hydrogens (tertiary/aromatic N) is 1. The quantitative estimate of drug-likeness (QED) is 0.528. The molecule has 0 saturated carbocycles. The number of H-pyrrole nitrogens is 1. The second kappa shape index (κ2) is 5.70. The summed E-state index contributed by atoms with van der Waals surface area (Å²) in [5.74, 6) is -1.13. The molecule has 0 aliphatic rings. The van der Waals surface area contributed by atoms with E-state index in [1.807, 2.05) is 0 Å². The molecule has 0 aliphatic heterocycles. The Bertz CT molecular complexity index is 462. The summed E-state index contributed by atoms with van der Waals surface area (Å²) >= 11 is 0. The minimum absolute atomic E-state index is 0.166. The lowest BCUT2D eigenvalue weighted by Gasteiger charge is -2.21. The van der Waals surface area contributed by atoms with Crippen LogP contribution in [0.3, 0.4) is 0 Å². The lowest BCUT2D eigenvalue weighted by Crippen LogP contribution is -2.43.